The molecule has 1 heterocycles. The molecule has 2 rings (SSSR count). The van der Waals surface area contributed by atoms with Crippen LogP contribution in [0.5, 0.6) is 0 Å². The normalized spacial score (nSPS) is 18.7. The van der Waals surface area contributed by atoms with Crippen LogP contribution < -0.4 is 15.5 Å². The minimum absolute atomic E-state index is 0.0580. The largest absolute Gasteiger partial charge is 0.383 e. The van der Waals surface area contributed by atoms with E-state index >= 15 is 0 Å². The molecule has 1 aromatic rings. The number of anilines is 1. The van der Waals surface area contributed by atoms with Crippen LogP contribution in [0.4, 0.5) is 5.69 Å². The molecule has 6 heteroatoms. The molecule has 1 aliphatic heterocycles. The number of hydrogen-bond acceptors (Lipinski definition) is 4. The van der Waals surface area contributed by atoms with Crippen LogP contribution in [0.15, 0.2) is 18.2 Å². The summed E-state index contributed by atoms with van der Waals surface area (Å²) in [7, 11) is 1.68. The second-order valence-corrected chi connectivity index (χ2v) is 5.51. The number of hydrogen-bond donors (Lipinski definition) is 2. The van der Waals surface area contributed by atoms with Gasteiger partial charge in [-0.1, -0.05) is 17.7 Å². The third-order valence-electron chi connectivity index (χ3n) is 3.67. The fourth-order valence-electron chi connectivity index (χ4n) is 2.39. The van der Waals surface area contributed by atoms with Crippen LogP contribution in [0.3, 0.4) is 0 Å². The van der Waals surface area contributed by atoms with Crippen molar-refractivity contribution in [2.45, 2.75) is 19.5 Å². The summed E-state index contributed by atoms with van der Waals surface area (Å²) in [5, 5.41) is 6.85. The predicted molar refractivity (Wildman–Crippen MR) is 84.9 cm³/mol. The van der Waals surface area contributed by atoms with Crippen molar-refractivity contribution in [2.24, 2.45) is 0 Å². The van der Waals surface area contributed by atoms with E-state index in [1.54, 1.807) is 7.11 Å². The zero-order chi connectivity index (χ0) is 15.2. The van der Waals surface area contributed by atoms with Crippen LogP contribution >= 0.6 is 11.6 Å². The van der Waals surface area contributed by atoms with Gasteiger partial charge in [-0.25, -0.2) is 0 Å². The molecule has 0 aliphatic carbocycles. The summed E-state index contributed by atoms with van der Waals surface area (Å²) >= 11 is 6.35. The van der Waals surface area contributed by atoms with Gasteiger partial charge in [-0.2, -0.15) is 0 Å². The van der Waals surface area contributed by atoms with Crippen LogP contribution in [-0.4, -0.2) is 45.3 Å². The number of amides is 1. The lowest BCUT2D eigenvalue weighted by Crippen LogP contribution is -2.54. The summed E-state index contributed by atoms with van der Waals surface area (Å²) in [6, 6.07) is 5.80. The molecule has 1 saturated heterocycles. The number of carbonyl (C=O) groups excluding carboxylic acids is 1. The highest BCUT2D eigenvalue weighted by molar-refractivity contribution is 6.31. The number of rotatable bonds is 6. The van der Waals surface area contributed by atoms with Crippen molar-refractivity contribution in [3.63, 3.8) is 0 Å². The Labute approximate surface area is 130 Å². The Morgan fingerprint density at radius 1 is 1.52 bits per heavy atom. The van der Waals surface area contributed by atoms with E-state index in [-0.39, 0.29) is 11.9 Å². The van der Waals surface area contributed by atoms with Crippen molar-refractivity contribution in [3.8, 4) is 0 Å². The Bertz CT molecular complexity index is 496. The van der Waals surface area contributed by atoms with Crippen molar-refractivity contribution >= 4 is 23.2 Å². The molecule has 0 bridgehead atoms. The van der Waals surface area contributed by atoms with Gasteiger partial charge in [0.25, 0.3) is 0 Å². The number of carbonyl (C=O) groups is 1. The van der Waals surface area contributed by atoms with Crippen LogP contribution in [0.25, 0.3) is 0 Å². The molecule has 1 aliphatic rings. The summed E-state index contributed by atoms with van der Waals surface area (Å²) in [5.41, 5.74) is 2.04. The molecule has 0 saturated carbocycles. The van der Waals surface area contributed by atoms with Crippen molar-refractivity contribution in [3.05, 3.63) is 28.8 Å². The number of halogens is 1. The van der Waals surface area contributed by atoms with E-state index in [9.17, 15) is 4.79 Å². The highest BCUT2D eigenvalue weighted by Gasteiger charge is 2.25. The highest BCUT2D eigenvalue weighted by Crippen LogP contribution is 2.25. The first-order valence-electron chi connectivity index (χ1n) is 7.16. The lowest BCUT2D eigenvalue weighted by Gasteiger charge is -2.34. The number of benzene rings is 1. The van der Waals surface area contributed by atoms with Crippen LogP contribution in [0, 0.1) is 0 Å². The maximum atomic E-state index is 11.7. The minimum Gasteiger partial charge on any atom is -0.383 e. The van der Waals surface area contributed by atoms with Crippen molar-refractivity contribution in [1.82, 2.24) is 10.6 Å². The van der Waals surface area contributed by atoms with Gasteiger partial charge in [-0.3, -0.25) is 4.79 Å². The Morgan fingerprint density at radius 3 is 3.05 bits per heavy atom. The second kappa shape index (κ2) is 7.64. The van der Waals surface area contributed by atoms with E-state index in [0.717, 1.165) is 29.4 Å². The molecule has 0 radical (unpaired) electrons. The Balaban J connectivity index is 2.02. The molecular weight excluding hydrogens is 290 g/mol. The first kappa shape index (κ1) is 16.1. The molecule has 1 fully saturated rings. The summed E-state index contributed by atoms with van der Waals surface area (Å²) in [6.45, 7) is 5.55. The van der Waals surface area contributed by atoms with Crippen LogP contribution in [0.1, 0.15) is 12.5 Å². The lowest BCUT2D eigenvalue weighted by atomic mass is 10.1. The predicted octanol–water partition coefficient (Wildman–Crippen LogP) is 1.40. The summed E-state index contributed by atoms with van der Waals surface area (Å²) in [4.78, 5) is 13.8. The van der Waals surface area contributed by atoms with Gasteiger partial charge in [0.15, 0.2) is 0 Å². The van der Waals surface area contributed by atoms with Gasteiger partial charge in [0.2, 0.25) is 5.91 Å². The third-order valence-corrected chi connectivity index (χ3v) is 4.02. The van der Waals surface area contributed by atoms with Gasteiger partial charge >= 0.3 is 0 Å². The number of nitrogens with zero attached hydrogens (tertiary/aromatic N) is 1. The first-order valence-corrected chi connectivity index (χ1v) is 7.53. The highest BCUT2D eigenvalue weighted by atomic mass is 35.5. The lowest BCUT2D eigenvalue weighted by molar-refractivity contribution is -0.122. The first-order chi connectivity index (χ1) is 10.1. The van der Waals surface area contributed by atoms with E-state index < -0.39 is 0 Å². The molecule has 116 valence electrons. The van der Waals surface area contributed by atoms with E-state index in [4.69, 9.17) is 16.3 Å². The monoisotopic (exact) mass is 311 g/mol. The molecule has 0 spiro atoms. The maximum absolute atomic E-state index is 11.7. The minimum atomic E-state index is -0.166. The molecule has 1 aromatic carbocycles. The molecule has 5 nitrogen and oxygen atoms in total. The van der Waals surface area contributed by atoms with E-state index in [1.807, 2.05) is 25.1 Å². The van der Waals surface area contributed by atoms with Gasteiger partial charge in [0.05, 0.1) is 6.61 Å². The van der Waals surface area contributed by atoms with Gasteiger partial charge in [-0.15, -0.1) is 0 Å². The summed E-state index contributed by atoms with van der Waals surface area (Å²) in [6.07, 6.45) is 0. The van der Waals surface area contributed by atoms with Crippen molar-refractivity contribution < 1.29 is 9.53 Å². The molecule has 2 N–H and O–H groups in total. The van der Waals surface area contributed by atoms with Gasteiger partial charge in [-0.05, 0) is 24.6 Å². The number of piperazine rings is 1. The topological polar surface area (TPSA) is 53.6 Å². The average molecular weight is 312 g/mol. The van der Waals surface area contributed by atoms with E-state index in [1.165, 1.54) is 0 Å². The fourth-order valence-corrected chi connectivity index (χ4v) is 2.63. The zero-order valence-corrected chi connectivity index (χ0v) is 13.2. The molecule has 0 aromatic heterocycles. The number of ether oxygens (including phenoxy) is 1. The molecule has 1 atom stereocenters. The second-order valence-electron chi connectivity index (χ2n) is 5.11. The van der Waals surface area contributed by atoms with Gasteiger partial charge in [0, 0.05) is 44.0 Å². The van der Waals surface area contributed by atoms with Crippen LogP contribution in [-0.2, 0) is 16.1 Å². The number of methoxy groups -OCH3 is 1. The Hall–Kier alpha value is -1.30. The number of nitrogens with one attached hydrogen (secondary N) is 2. The molecule has 1 amide bonds. The molecule has 21 heavy (non-hydrogen) atoms. The van der Waals surface area contributed by atoms with Crippen LogP contribution in [0.2, 0.25) is 5.02 Å². The third kappa shape index (κ3) is 4.09. The fraction of sp³-hybridized carbons (Fsp3) is 0.533. The average Bonchev–Trinajstić information content (AvgIpc) is 2.48. The Morgan fingerprint density at radius 2 is 2.33 bits per heavy atom. The SMILES string of the molecule is COCCNCc1ccc(N2CCNC(=O)C2C)cc1Cl. The smallest absolute Gasteiger partial charge is 0.242 e. The van der Waals surface area contributed by atoms with Crippen molar-refractivity contribution in [2.75, 3.05) is 38.3 Å². The Kier molecular flexibility index (Phi) is 5.85. The molecule has 1 unspecified atom stereocenters. The summed E-state index contributed by atoms with van der Waals surface area (Å²) in [5.74, 6) is 0.0580. The van der Waals surface area contributed by atoms with Gasteiger partial charge in [0.1, 0.15) is 6.04 Å². The molecular formula is C15H22ClN3O2. The van der Waals surface area contributed by atoms with E-state index in [2.05, 4.69) is 15.5 Å². The van der Waals surface area contributed by atoms with Gasteiger partial charge < -0.3 is 20.3 Å². The van der Waals surface area contributed by atoms with E-state index in [0.29, 0.717) is 19.7 Å². The summed E-state index contributed by atoms with van der Waals surface area (Å²) < 4.78 is 4.99. The maximum Gasteiger partial charge on any atom is 0.242 e. The quantitative estimate of drug-likeness (QED) is 0.780. The standard InChI is InChI=1S/C15H22ClN3O2/c1-11-15(20)18-5-7-19(11)13-4-3-12(14(16)9-13)10-17-6-8-21-2/h3-4,9,11,17H,5-8,10H2,1-2H3,(H,18,20). The van der Waals surface area contributed by atoms with Crippen molar-refractivity contribution in [1.29, 1.82) is 0 Å². The zero-order valence-electron chi connectivity index (χ0n) is 12.5.